The van der Waals surface area contributed by atoms with Crippen molar-refractivity contribution < 1.29 is 13.0 Å². The highest BCUT2D eigenvalue weighted by Gasteiger charge is 2.09. The first-order valence-electron chi connectivity index (χ1n) is 7.33. The lowest BCUT2D eigenvalue weighted by Crippen LogP contribution is -2.22. The molecule has 0 saturated carbocycles. The number of hydrogen-bond acceptors (Lipinski definition) is 3. The predicted octanol–water partition coefficient (Wildman–Crippen LogP) is 3.44. The van der Waals surface area contributed by atoms with Crippen LogP contribution in [0.2, 0.25) is 0 Å². The molecule has 0 aliphatic carbocycles. The molecule has 0 bridgehead atoms. The van der Waals surface area contributed by atoms with Gasteiger partial charge >= 0.3 is 0 Å². The summed E-state index contributed by atoms with van der Waals surface area (Å²) in [5.41, 5.74) is 3.18. The van der Waals surface area contributed by atoms with Crippen molar-refractivity contribution in [1.82, 2.24) is 4.90 Å². The van der Waals surface area contributed by atoms with Gasteiger partial charge in [0.1, 0.15) is 0 Å². The molecule has 0 saturated heterocycles. The van der Waals surface area contributed by atoms with Gasteiger partial charge < -0.3 is 0 Å². The molecule has 0 atom stereocenters. The second-order valence-corrected chi connectivity index (χ2v) is 6.58. The van der Waals surface area contributed by atoms with Crippen LogP contribution in [-0.2, 0) is 16.7 Å². The van der Waals surface area contributed by atoms with E-state index in [0.29, 0.717) is 0 Å². The third kappa shape index (κ3) is 4.16. The van der Waals surface area contributed by atoms with Crippen LogP contribution >= 0.6 is 0 Å². The molecule has 0 aliphatic heterocycles. The molecule has 4 nitrogen and oxygen atoms in total. The molecule has 2 rings (SSSR count). The quantitative estimate of drug-likeness (QED) is 0.829. The van der Waals surface area contributed by atoms with Crippen LogP contribution in [0, 0.1) is 0 Å². The Balaban J connectivity index is 2.26. The summed E-state index contributed by atoms with van der Waals surface area (Å²) in [6.45, 7) is 7.18. The van der Waals surface area contributed by atoms with Gasteiger partial charge in [-0.1, -0.05) is 44.2 Å². The molecular formula is C17H21NO3S. The average molecular weight is 319 g/mol. The minimum absolute atomic E-state index is 0.0875. The molecule has 5 heteroatoms. The Morgan fingerprint density at radius 2 is 1.59 bits per heavy atom. The molecule has 1 N–H and O–H groups in total. The van der Waals surface area contributed by atoms with Crippen molar-refractivity contribution in [3.05, 3.63) is 54.1 Å². The largest absolute Gasteiger partial charge is 0.300 e. The van der Waals surface area contributed by atoms with Crippen LogP contribution in [0.1, 0.15) is 19.4 Å². The predicted molar refractivity (Wildman–Crippen MR) is 88.3 cm³/mol. The normalized spacial score (nSPS) is 11.8. The van der Waals surface area contributed by atoms with E-state index in [1.165, 1.54) is 17.7 Å². The summed E-state index contributed by atoms with van der Waals surface area (Å²) in [5, 5.41) is 0. The number of benzene rings is 2. The first kappa shape index (κ1) is 16.7. The van der Waals surface area contributed by atoms with Gasteiger partial charge in [0.15, 0.2) is 0 Å². The number of nitrogens with zero attached hydrogens (tertiary/aromatic N) is 1. The Hall–Kier alpha value is -1.69. The first-order chi connectivity index (χ1) is 10.4. The smallest absolute Gasteiger partial charge is 0.294 e. The molecule has 0 radical (unpaired) electrons. The van der Waals surface area contributed by atoms with Crippen LogP contribution in [0.25, 0.3) is 11.1 Å². The van der Waals surface area contributed by atoms with Gasteiger partial charge in [0.25, 0.3) is 10.1 Å². The lowest BCUT2D eigenvalue weighted by atomic mass is 10.0. The number of hydrogen-bond donors (Lipinski definition) is 1. The van der Waals surface area contributed by atoms with Crippen LogP contribution in [-0.4, -0.2) is 31.0 Å². The Kier molecular flexibility index (Phi) is 5.34. The van der Waals surface area contributed by atoms with E-state index < -0.39 is 10.1 Å². The zero-order valence-corrected chi connectivity index (χ0v) is 13.7. The molecule has 2 aromatic carbocycles. The van der Waals surface area contributed by atoms with Gasteiger partial charge in [0.2, 0.25) is 0 Å². The second kappa shape index (κ2) is 7.05. The summed E-state index contributed by atoms with van der Waals surface area (Å²) in [6.07, 6.45) is 0. The molecule has 118 valence electrons. The lowest BCUT2D eigenvalue weighted by Gasteiger charge is -2.18. The zero-order chi connectivity index (χ0) is 16.2. The highest BCUT2D eigenvalue weighted by atomic mass is 32.2. The SMILES string of the molecule is CCN(CC)Cc1cccc(-c2ccc(S(=O)(=O)O)cc2)c1. The van der Waals surface area contributed by atoms with Crippen LogP contribution in [0.3, 0.4) is 0 Å². The van der Waals surface area contributed by atoms with E-state index in [0.717, 1.165) is 30.8 Å². The maximum Gasteiger partial charge on any atom is 0.294 e. The first-order valence-corrected chi connectivity index (χ1v) is 8.77. The molecule has 22 heavy (non-hydrogen) atoms. The highest BCUT2D eigenvalue weighted by molar-refractivity contribution is 7.85. The standard InChI is InChI=1S/C17H21NO3S/c1-3-18(4-2)13-14-6-5-7-16(12-14)15-8-10-17(11-9-15)22(19,20)21/h5-12H,3-4,13H2,1-2H3,(H,19,20,21). The summed E-state index contributed by atoms with van der Waals surface area (Å²) in [6, 6.07) is 14.5. The van der Waals surface area contributed by atoms with E-state index in [1.807, 2.05) is 12.1 Å². The summed E-state index contributed by atoms with van der Waals surface area (Å²) in [5.74, 6) is 0. The average Bonchev–Trinajstić information content (AvgIpc) is 2.52. The fourth-order valence-electron chi connectivity index (χ4n) is 2.37. The van der Waals surface area contributed by atoms with Gasteiger partial charge in [-0.3, -0.25) is 9.45 Å². The van der Waals surface area contributed by atoms with Crippen molar-refractivity contribution in [3.63, 3.8) is 0 Å². The van der Waals surface area contributed by atoms with Crippen LogP contribution < -0.4 is 0 Å². The topological polar surface area (TPSA) is 57.6 Å². The van der Waals surface area contributed by atoms with Crippen LogP contribution in [0.15, 0.2) is 53.4 Å². The minimum atomic E-state index is -4.14. The van der Waals surface area contributed by atoms with Crippen LogP contribution in [0.5, 0.6) is 0 Å². The monoisotopic (exact) mass is 319 g/mol. The molecule has 0 fully saturated rings. The van der Waals surface area contributed by atoms with Crippen molar-refractivity contribution in [1.29, 1.82) is 0 Å². The van der Waals surface area contributed by atoms with Gasteiger partial charge in [-0.05, 0) is 48.0 Å². The van der Waals surface area contributed by atoms with Gasteiger partial charge in [-0.25, -0.2) is 0 Å². The van der Waals surface area contributed by atoms with E-state index in [2.05, 4.69) is 30.9 Å². The molecule has 0 unspecified atom stereocenters. The highest BCUT2D eigenvalue weighted by Crippen LogP contribution is 2.23. The lowest BCUT2D eigenvalue weighted by molar-refractivity contribution is 0.296. The van der Waals surface area contributed by atoms with E-state index in [1.54, 1.807) is 12.1 Å². The third-order valence-electron chi connectivity index (χ3n) is 3.71. The van der Waals surface area contributed by atoms with Crippen LogP contribution in [0.4, 0.5) is 0 Å². The molecule has 0 amide bonds. The van der Waals surface area contributed by atoms with Gasteiger partial charge in [0, 0.05) is 6.54 Å². The fourth-order valence-corrected chi connectivity index (χ4v) is 2.85. The summed E-state index contributed by atoms with van der Waals surface area (Å²) in [4.78, 5) is 2.25. The van der Waals surface area contributed by atoms with E-state index in [9.17, 15) is 8.42 Å². The van der Waals surface area contributed by atoms with Crippen molar-refractivity contribution >= 4 is 10.1 Å². The molecule has 0 aliphatic rings. The third-order valence-corrected chi connectivity index (χ3v) is 4.58. The van der Waals surface area contributed by atoms with Crippen molar-refractivity contribution in [2.24, 2.45) is 0 Å². The molecule has 0 heterocycles. The van der Waals surface area contributed by atoms with Gasteiger partial charge in [0.05, 0.1) is 4.90 Å². The van der Waals surface area contributed by atoms with Crippen molar-refractivity contribution in [2.45, 2.75) is 25.3 Å². The Bertz CT molecular complexity index is 720. The van der Waals surface area contributed by atoms with Crippen molar-refractivity contribution in [2.75, 3.05) is 13.1 Å². The molecule has 2 aromatic rings. The van der Waals surface area contributed by atoms with E-state index in [-0.39, 0.29) is 4.90 Å². The summed E-state index contributed by atoms with van der Waals surface area (Å²) in [7, 11) is -4.14. The Morgan fingerprint density at radius 3 is 2.14 bits per heavy atom. The zero-order valence-electron chi connectivity index (χ0n) is 12.9. The van der Waals surface area contributed by atoms with Gasteiger partial charge in [-0.15, -0.1) is 0 Å². The fraction of sp³-hybridized carbons (Fsp3) is 0.294. The van der Waals surface area contributed by atoms with Crippen molar-refractivity contribution in [3.8, 4) is 11.1 Å². The molecule has 0 aromatic heterocycles. The maximum atomic E-state index is 11.1. The van der Waals surface area contributed by atoms with Gasteiger partial charge in [-0.2, -0.15) is 8.42 Å². The molecular weight excluding hydrogens is 298 g/mol. The summed E-state index contributed by atoms with van der Waals surface area (Å²) >= 11 is 0. The Morgan fingerprint density at radius 1 is 0.955 bits per heavy atom. The maximum absolute atomic E-state index is 11.1. The van der Waals surface area contributed by atoms with E-state index in [4.69, 9.17) is 4.55 Å². The Labute approximate surface area is 132 Å². The summed E-state index contributed by atoms with van der Waals surface area (Å²) < 4.78 is 31.2. The minimum Gasteiger partial charge on any atom is -0.300 e. The second-order valence-electron chi connectivity index (χ2n) is 5.16. The van der Waals surface area contributed by atoms with E-state index >= 15 is 0 Å². The number of rotatable bonds is 6. The molecule has 0 spiro atoms.